The summed E-state index contributed by atoms with van der Waals surface area (Å²) in [5.74, 6) is 2.62. The molecule has 0 saturated carbocycles. The Kier molecular flexibility index (Phi) is 7.32. The van der Waals surface area contributed by atoms with Crippen molar-refractivity contribution in [2.45, 2.75) is 77.4 Å². The zero-order valence-electron chi connectivity index (χ0n) is 18.9. The summed E-state index contributed by atoms with van der Waals surface area (Å²) in [6, 6.07) is 12.7. The molecule has 0 saturated heterocycles. The summed E-state index contributed by atoms with van der Waals surface area (Å²) in [6.45, 7) is 15.8. The molecule has 2 aromatic rings. The number of hydrogen-bond acceptors (Lipinski definition) is 3. The van der Waals surface area contributed by atoms with Gasteiger partial charge in [0.05, 0.1) is 13.3 Å². The Morgan fingerprint density at radius 2 is 1.46 bits per heavy atom. The topological polar surface area (TPSA) is 31.4 Å². The number of benzene rings is 1. The van der Waals surface area contributed by atoms with Gasteiger partial charge in [-0.05, 0) is 66.7 Å². The molecule has 0 fully saturated rings. The molecule has 1 aromatic carbocycles. The molecule has 2 rings (SSSR count). The van der Waals surface area contributed by atoms with E-state index >= 15 is 0 Å². The number of hydrogen-bond donors (Lipinski definition) is 0. The summed E-state index contributed by atoms with van der Waals surface area (Å²) >= 11 is 0. The molecule has 3 nitrogen and oxygen atoms in total. The van der Waals surface area contributed by atoms with Crippen LogP contribution in [-0.2, 0) is 0 Å². The average Bonchev–Trinajstić information content (AvgIpc) is 2.66. The fourth-order valence-corrected chi connectivity index (χ4v) is 4.44. The number of ether oxygens (including phenoxy) is 1. The van der Waals surface area contributed by atoms with E-state index in [4.69, 9.17) is 14.1 Å². The van der Waals surface area contributed by atoms with Crippen LogP contribution in [0.3, 0.4) is 0 Å². The first-order valence-corrected chi connectivity index (χ1v) is 13.3. The molecule has 0 spiro atoms. The van der Waals surface area contributed by atoms with Crippen LogP contribution < -0.4 is 9.16 Å². The Balaban J connectivity index is 2.23. The van der Waals surface area contributed by atoms with Crippen LogP contribution in [0.2, 0.25) is 18.1 Å². The molecule has 4 heteroatoms. The van der Waals surface area contributed by atoms with Crippen molar-refractivity contribution in [1.82, 2.24) is 4.98 Å². The highest BCUT2D eigenvalue weighted by molar-refractivity contribution is 6.74. The zero-order valence-corrected chi connectivity index (χ0v) is 19.9. The molecular formula is C24H37NO2Si. The van der Waals surface area contributed by atoms with Crippen molar-refractivity contribution >= 4 is 8.32 Å². The lowest BCUT2D eigenvalue weighted by atomic mass is 9.80. The van der Waals surface area contributed by atoms with E-state index in [1.165, 1.54) is 5.56 Å². The van der Waals surface area contributed by atoms with E-state index in [1.54, 1.807) is 7.11 Å². The zero-order chi connectivity index (χ0) is 20.9. The lowest BCUT2D eigenvalue weighted by Gasteiger charge is -2.36. The Labute approximate surface area is 172 Å². The minimum atomic E-state index is -1.84. The van der Waals surface area contributed by atoms with Gasteiger partial charge in [0.1, 0.15) is 11.5 Å². The summed E-state index contributed by atoms with van der Waals surface area (Å²) in [7, 11) is -0.134. The second kappa shape index (κ2) is 9.12. The Morgan fingerprint density at radius 1 is 0.893 bits per heavy atom. The van der Waals surface area contributed by atoms with Crippen LogP contribution in [0.25, 0.3) is 0 Å². The van der Waals surface area contributed by atoms with E-state index in [-0.39, 0.29) is 5.04 Å². The summed E-state index contributed by atoms with van der Waals surface area (Å²) in [5, 5.41) is 0.180. The first kappa shape index (κ1) is 22.5. The van der Waals surface area contributed by atoms with Gasteiger partial charge in [0.2, 0.25) is 0 Å². The van der Waals surface area contributed by atoms with Gasteiger partial charge in [0, 0.05) is 11.6 Å². The largest absolute Gasteiger partial charge is 0.542 e. The number of rotatable bonds is 8. The lowest BCUT2D eigenvalue weighted by molar-refractivity contribution is 0.414. The van der Waals surface area contributed by atoms with E-state index < -0.39 is 8.32 Å². The van der Waals surface area contributed by atoms with Crippen molar-refractivity contribution in [3.05, 3.63) is 53.9 Å². The maximum absolute atomic E-state index is 6.39. The maximum atomic E-state index is 6.39. The van der Waals surface area contributed by atoms with E-state index in [1.807, 2.05) is 18.3 Å². The van der Waals surface area contributed by atoms with Crippen LogP contribution in [0.5, 0.6) is 11.5 Å². The van der Waals surface area contributed by atoms with Gasteiger partial charge in [-0.2, -0.15) is 0 Å². The molecule has 0 radical (unpaired) electrons. The quantitative estimate of drug-likeness (QED) is 0.441. The third-order valence-corrected chi connectivity index (χ3v) is 10.6. The molecule has 0 aliphatic rings. The van der Waals surface area contributed by atoms with Crippen LogP contribution in [0.15, 0.2) is 42.6 Å². The van der Waals surface area contributed by atoms with Crippen LogP contribution in [-0.4, -0.2) is 20.4 Å². The summed E-state index contributed by atoms with van der Waals surface area (Å²) in [6.07, 6.45) is 4.05. The van der Waals surface area contributed by atoms with Crippen molar-refractivity contribution in [1.29, 1.82) is 0 Å². The van der Waals surface area contributed by atoms with Crippen LogP contribution in [0.1, 0.15) is 70.6 Å². The standard InChI is InChI=1S/C24H37NO2Si/c1-9-21(18-11-13-19(26-6)14-12-18)22(10-2)23-16-15-20(17-25-23)27-28(7,8)24(3,4)5/h11-17,21-22H,9-10H2,1-8H3/t21-,22-/m0/s1. The van der Waals surface area contributed by atoms with Crippen molar-refractivity contribution in [3.63, 3.8) is 0 Å². The number of pyridine rings is 1. The van der Waals surface area contributed by atoms with Crippen molar-refractivity contribution < 1.29 is 9.16 Å². The molecule has 0 aliphatic heterocycles. The van der Waals surface area contributed by atoms with Crippen molar-refractivity contribution in [2.24, 2.45) is 0 Å². The first-order valence-electron chi connectivity index (χ1n) is 10.4. The molecule has 0 aliphatic carbocycles. The minimum absolute atomic E-state index is 0.180. The van der Waals surface area contributed by atoms with Crippen LogP contribution in [0.4, 0.5) is 0 Å². The number of nitrogens with zero attached hydrogens (tertiary/aromatic N) is 1. The van der Waals surface area contributed by atoms with Crippen molar-refractivity contribution in [2.75, 3.05) is 7.11 Å². The van der Waals surface area contributed by atoms with Crippen LogP contribution >= 0.6 is 0 Å². The predicted octanol–water partition coefficient (Wildman–Crippen LogP) is 7.16. The van der Waals surface area contributed by atoms with Gasteiger partial charge in [0.15, 0.2) is 0 Å². The fraction of sp³-hybridized carbons (Fsp3) is 0.542. The maximum Gasteiger partial charge on any atom is 0.250 e. The van der Waals surface area contributed by atoms with Gasteiger partial charge < -0.3 is 9.16 Å². The SMILES string of the molecule is CC[C@H](c1ccc(O[Si](C)(C)C(C)(C)C)cn1)[C@@H](CC)c1ccc(OC)cc1. The molecule has 0 unspecified atom stereocenters. The average molecular weight is 400 g/mol. The van der Waals surface area contributed by atoms with E-state index in [2.05, 4.69) is 72.0 Å². The molecule has 0 amide bonds. The number of methoxy groups -OCH3 is 1. The molecular weight excluding hydrogens is 362 g/mol. The smallest absolute Gasteiger partial charge is 0.250 e. The van der Waals surface area contributed by atoms with Gasteiger partial charge >= 0.3 is 0 Å². The van der Waals surface area contributed by atoms with Crippen molar-refractivity contribution in [3.8, 4) is 11.5 Å². The second-order valence-electron chi connectivity index (χ2n) is 9.08. The molecule has 2 atom stereocenters. The lowest BCUT2D eigenvalue weighted by Crippen LogP contribution is -2.43. The van der Waals surface area contributed by atoms with Crippen LogP contribution in [0, 0.1) is 0 Å². The highest BCUT2D eigenvalue weighted by Gasteiger charge is 2.39. The van der Waals surface area contributed by atoms with E-state index in [0.717, 1.165) is 30.0 Å². The Hall–Kier alpha value is -1.81. The van der Waals surface area contributed by atoms with Gasteiger partial charge in [-0.15, -0.1) is 0 Å². The highest BCUT2D eigenvalue weighted by Crippen LogP contribution is 2.39. The molecule has 0 N–H and O–H groups in total. The van der Waals surface area contributed by atoms with Gasteiger partial charge in [-0.25, -0.2) is 0 Å². The second-order valence-corrected chi connectivity index (χ2v) is 13.8. The predicted molar refractivity (Wildman–Crippen MR) is 121 cm³/mol. The normalized spacial score (nSPS) is 14.4. The summed E-state index contributed by atoms with van der Waals surface area (Å²) in [4.78, 5) is 4.82. The summed E-state index contributed by atoms with van der Waals surface area (Å²) < 4.78 is 11.7. The van der Waals surface area contributed by atoms with E-state index in [9.17, 15) is 0 Å². The third-order valence-electron chi connectivity index (χ3n) is 6.23. The molecule has 0 bridgehead atoms. The Morgan fingerprint density at radius 3 is 1.89 bits per heavy atom. The van der Waals surface area contributed by atoms with E-state index in [0.29, 0.717) is 11.8 Å². The van der Waals surface area contributed by atoms with Gasteiger partial charge in [-0.1, -0.05) is 46.8 Å². The third kappa shape index (κ3) is 5.16. The fourth-order valence-electron chi connectivity index (χ4n) is 3.42. The highest BCUT2D eigenvalue weighted by atomic mass is 28.4. The molecule has 28 heavy (non-hydrogen) atoms. The monoisotopic (exact) mass is 399 g/mol. The van der Waals surface area contributed by atoms with Gasteiger partial charge in [0.25, 0.3) is 8.32 Å². The number of aromatic nitrogens is 1. The molecule has 154 valence electrons. The summed E-state index contributed by atoms with van der Waals surface area (Å²) in [5.41, 5.74) is 2.49. The molecule has 1 heterocycles. The minimum Gasteiger partial charge on any atom is -0.542 e. The van der Waals surface area contributed by atoms with Gasteiger partial charge in [-0.3, -0.25) is 4.98 Å². The Bertz CT molecular complexity index is 733. The molecule has 1 aromatic heterocycles. The first-order chi connectivity index (χ1) is 13.1.